The molecular weight excluding hydrogens is 276 g/mol. The minimum Gasteiger partial charge on any atom is -0.355 e. The maximum Gasteiger partial charge on any atom is 0.275 e. The molecule has 2 heterocycles. The highest BCUT2D eigenvalue weighted by atomic mass is 16.1. The van der Waals surface area contributed by atoms with E-state index < -0.39 is 0 Å². The number of amides is 1. The molecule has 2 aromatic rings. The predicted octanol–water partition coefficient (Wildman–Crippen LogP) is 2.95. The second-order valence-corrected chi connectivity index (χ2v) is 5.78. The number of benzene rings is 1. The summed E-state index contributed by atoms with van der Waals surface area (Å²) in [4.78, 5) is 23.0. The molecule has 5 nitrogen and oxygen atoms in total. The minimum absolute atomic E-state index is 0.231. The molecule has 0 bridgehead atoms. The van der Waals surface area contributed by atoms with Crippen LogP contribution in [0.2, 0.25) is 0 Å². The zero-order valence-corrected chi connectivity index (χ0v) is 13.0. The van der Waals surface area contributed by atoms with Crippen LogP contribution in [0, 0.1) is 13.8 Å². The highest BCUT2D eigenvalue weighted by molar-refractivity contribution is 6.02. The molecule has 22 heavy (non-hydrogen) atoms. The molecule has 0 spiro atoms. The number of aryl methyl sites for hydroxylation is 2. The molecular formula is C17H20N4O. The zero-order valence-electron chi connectivity index (χ0n) is 13.0. The van der Waals surface area contributed by atoms with E-state index in [-0.39, 0.29) is 5.91 Å². The van der Waals surface area contributed by atoms with Crippen LogP contribution >= 0.6 is 0 Å². The summed E-state index contributed by atoms with van der Waals surface area (Å²) < 4.78 is 0. The van der Waals surface area contributed by atoms with E-state index in [1.165, 1.54) is 12.8 Å². The number of anilines is 2. The molecule has 1 N–H and O–H groups in total. The molecule has 1 aliphatic heterocycles. The number of carbonyl (C=O) groups is 1. The average Bonchev–Trinajstić information content (AvgIpc) is 3.00. The summed E-state index contributed by atoms with van der Waals surface area (Å²) in [6.45, 7) is 6.05. The third kappa shape index (κ3) is 3.24. The van der Waals surface area contributed by atoms with Gasteiger partial charge in [-0.05, 0) is 49.9 Å². The number of nitrogens with zero attached hydrogens (tertiary/aromatic N) is 3. The standard InChI is InChI=1S/C17H20N4O/c1-12-7-13(2)9-14(8-12)20-17(22)15-10-19-16(11-18-15)21-5-3-4-6-21/h7-11H,3-6H2,1-2H3,(H,20,22). The summed E-state index contributed by atoms with van der Waals surface area (Å²) in [5.74, 6) is 0.617. The first kappa shape index (κ1) is 14.5. The molecule has 0 saturated carbocycles. The number of rotatable bonds is 3. The van der Waals surface area contributed by atoms with Gasteiger partial charge < -0.3 is 10.2 Å². The van der Waals surface area contributed by atoms with Gasteiger partial charge in [0.15, 0.2) is 0 Å². The van der Waals surface area contributed by atoms with E-state index in [0.29, 0.717) is 5.69 Å². The molecule has 0 radical (unpaired) electrons. The Labute approximate surface area is 130 Å². The van der Waals surface area contributed by atoms with Crippen molar-refractivity contribution >= 4 is 17.4 Å². The van der Waals surface area contributed by atoms with Crippen LogP contribution in [0.1, 0.15) is 34.5 Å². The molecule has 1 saturated heterocycles. The summed E-state index contributed by atoms with van der Waals surface area (Å²) in [6.07, 6.45) is 5.61. The Bertz CT molecular complexity index is 655. The third-order valence-corrected chi connectivity index (χ3v) is 3.78. The monoisotopic (exact) mass is 296 g/mol. The molecule has 0 aliphatic carbocycles. The van der Waals surface area contributed by atoms with Crippen LogP contribution in [0.25, 0.3) is 0 Å². The van der Waals surface area contributed by atoms with Gasteiger partial charge in [-0.3, -0.25) is 4.79 Å². The van der Waals surface area contributed by atoms with Crippen LogP contribution in [-0.2, 0) is 0 Å². The number of hydrogen-bond acceptors (Lipinski definition) is 4. The number of aromatic nitrogens is 2. The SMILES string of the molecule is Cc1cc(C)cc(NC(=O)c2cnc(N3CCCC3)cn2)c1. The van der Waals surface area contributed by atoms with Gasteiger partial charge in [-0.2, -0.15) is 0 Å². The van der Waals surface area contributed by atoms with Crippen molar-refractivity contribution in [1.29, 1.82) is 0 Å². The largest absolute Gasteiger partial charge is 0.355 e. The van der Waals surface area contributed by atoms with Crippen LogP contribution < -0.4 is 10.2 Å². The Morgan fingerprint density at radius 1 is 1.05 bits per heavy atom. The van der Waals surface area contributed by atoms with E-state index in [9.17, 15) is 4.79 Å². The van der Waals surface area contributed by atoms with Gasteiger partial charge in [-0.1, -0.05) is 6.07 Å². The normalized spacial score (nSPS) is 14.2. The lowest BCUT2D eigenvalue weighted by molar-refractivity contribution is 0.102. The predicted molar refractivity (Wildman–Crippen MR) is 87.3 cm³/mol. The summed E-state index contributed by atoms with van der Waals surface area (Å²) in [7, 11) is 0. The quantitative estimate of drug-likeness (QED) is 0.946. The first-order chi connectivity index (χ1) is 10.6. The summed E-state index contributed by atoms with van der Waals surface area (Å²) >= 11 is 0. The molecule has 1 aliphatic rings. The van der Waals surface area contributed by atoms with Crippen molar-refractivity contribution < 1.29 is 4.79 Å². The lowest BCUT2D eigenvalue weighted by atomic mass is 10.1. The molecule has 1 fully saturated rings. The Kier molecular flexibility index (Phi) is 4.04. The molecule has 5 heteroatoms. The van der Waals surface area contributed by atoms with Crippen LogP contribution in [0.15, 0.2) is 30.6 Å². The number of hydrogen-bond donors (Lipinski definition) is 1. The van der Waals surface area contributed by atoms with Gasteiger partial charge in [-0.15, -0.1) is 0 Å². The van der Waals surface area contributed by atoms with E-state index in [1.54, 1.807) is 12.4 Å². The smallest absolute Gasteiger partial charge is 0.275 e. The van der Waals surface area contributed by atoms with Crippen molar-refractivity contribution in [3.63, 3.8) is 0 Å². The maximum atomic E-state index is 12.2. The topological polar surface area (TPSA) is 58.1 Å². The minimum atomic E-state index is -0.231. The summed E-state index contributed by atoms with van der Waals surface area (Å²) in [5, 5.41) is 2.87. The second-order valence-electron chi connectivity index (χ2n) is 5.78. The van der Waals surface area contributed by atoms with E-state index in [1.807, 2.05) is 26.0 Å². The Morgan fingerprint density at radius 3 is 2.32 bits per heavy atom. The molecule has 1 amide bonds. The van der Waals surface area contributed by atoms with Crippen LogP contribution in [0.4, 0.5) is 11.5 Å². The lowest BCUT2D eigenvalue weighted by Gasteiger charge is -2.15. The highest BCUT2D eigenvalue weighted by Gasteiger charge is 2.15. The molecule has 1 aromatic carbocycles. The van der Waals surface area contributed by atoms with E-state index in [0.717, 1.165) is 35.7 Å². The fraction of sp³-hybridized carbons (Fsp3) is 0.353. The fourth-order valence-electron chi connectivity index (χ4n) is 2.79. The van der Waals surface area contributed by atoms with Gasteiger partial charge in [0.25, 0.3) is 5.91 Å². The Balaban J connectivity index is 1.71. The summed E-state index contributed by atoms with van der Waals surface area (Å²) in [5.41, 5.74) is 3.35. The van der Waals surface area contributed by atoms with Crippen LogP contribution in [0.3, 0.4) is 0 Å². The zero-order chi connectivity index (χ0) is 15.5. The van der Waals surface area contributed by atoms with Crippen molar-refractivity contribution in [3.8, 4) is 0 Å². The van der Waals surface area contributed by atoms with Gasteiger partial charge in [-0.25, -0.2) is 9.97 Å². The van der Waals surface area contributed by atoms with Crippen LogP contribution in [0.5, 0.6) is 0 Å². The fourth-order valence-corrected chi connectivity index (χ4v) is 2.79. The highest BCUT2D eigenvalue weighted by Crippen LogP contribution is 2.17. The van der Waals surface area contributed by atoms with Crippen molar-refractivity contribution in [2.24, 2.45) is 0 Å². The first-order valence-corrected chi connectivity index (χ1v) is 7.58. The van der Waals surface area contributed by atoms with E-state index >= 15 is 0 Å². The Morgan fingerprint density at radius 2 is 1.73 bits per heavy atom. The first-order valence-electron chi connectivity index (χ1n) is 7.58. The third-order valence-electron chi connectivity index (χ3n) is 3.78. The molecule has 0 atom stereocenters. The van der Waals surface area contributed by atoms with Crippen molar-refractivity contribution in [1.82, 2.24) is 9.97 Å². The molecule has 0 unspecified atom stereocenters. The maximum absolute atomic E-state index is 12.2. The van der Waals surface area contributed by atoms with Gasteiger partial charge in [0.2, 0.25) is 0 Å². The van der Waals surface area contributed by atoms with E-state index in [4.69, 9.17) is 0 Å². The second kappa shape index (κ2) is 6.13. The van der Waals surface area contributed by atoms with Crippen molar-refractivity contribution in [3.05, 3.63) is 47.4 Å². The number of carbonyl (C=O) groups excluding carboxylic acids is 1. The molecule has 1 aromatic heterocycles. The van der Waals surface area contributed by atoms with Gasteiger partial charge in [0, 0.05) is 18.8 Å². The van der Waals surface area contributed by atoms with Crippen molar-refractivity contribution in [2.45, 2.75) is 26.7 Å². The molecule has 114 valence electrons. The average molecular weight is 296 g/mol. The number of nitrogens with one attached hydrogen (secondary N) is 1. The summed E-state index contributed by atoms with van der Waals surface area (Å²) in [6, 6.07) is 5.95. The van der Waals surface area contributed by atoms with Crippen molar-refractivity contribution in [2.75, 3.05) is 23.3 Å². The Hall–Kier alpha value is -2.43. The molecule has 3 rings (SSSR count). The van der Waals surface area contributed by atoms with Gasteiger partial charge in [0.1, 0.15) is 11.5 Å². The van der Waals surface area contributed by atoms with Crippen LogP contribution in [-0.4, -0.2) is 29.0 Å². The van der Waals surface area contributed by atoms with Gasteiger partial charge in [0.05, 0.1) is 12.4 Å². The van der Waals surface area contributed by atoms with Gasteiger partial charge >= 0.3 is 0 Å². The van der Waals surface area contributed by atoms with E-state index in [2.05, 4.69) is 26.3 Å². The lowest BCUT2D eigenvalue weighted by Crippen LogP contribution is -2.20.